The first kappa shape index (κ1) is 23.1. The first-order valence-electron chi connectivity index (χ1n) is 10.7. The monoisotopic (exact) mass is 484 g/mol. The number of nitrogens with zero attached hydrogens (tertiary/aromatic N) is 1. The summed E-state index contributed by atoms with van der Waals surface area (Å²) >= 11 is 6.21. The molecule has 4 rings (SSSR count). The summed E-state index contributed by atoms with van der Waals surface area (Å²) in [6.45, 7) is 1.24. The molecule has 3 aromatic carbocycles. The molecule has 0 atom stereocenters. The summed E-state index contributed by atoms with van der Waals surface area (Å²) < 4.78 is 33.5. The molecule has 0 aliphatic carbocycles. The van der Waals surface area contributed by atoms with E-state index < -0.39 is 10.0 Å². The summed E-state index contributed by atoms with van der Waals surface area (Å²) in [5, 5.41) is 0.0512. The van der Waals surface area contributed by atoms with E-state index >= 15 is 0 Å². The molecule has 172 valence electrons. The van der Waals surface area contributed by atoms with Crippen molar-refractivity contribution in [1.29, 1.82) is 0 Å². The first-order chi connectivity index (χ1) is 15.9. The van der Waals surface area contributed by atoms with E-state index in [1.807, 2.05) is 18.2 Å². The zero-order valence-electron chi connectivity index (χ0n) is 18.2. The highest BCUT2D eigenvalue weighted by molar-refractivity contribution is 7.92. The number of likely N-dealkylation sites (tertiary alicyclic amines) is 1. The first-order valence-corrected chi connectivity index (χ1v) is 12.5. The van der Waals surface area contributed by atoms with E-state index in [1.54, 1.807) is 35.2 Å². The van der Waals surface area contributed by atoms with Crippen LogP contribution in [0.1, 0.15) is 34.7 Å². The average Bonchev–Trinajstić information content (AvgIpc) is 2.85. The molecule has 0 radical (unpaired) electrons. The Hall–Kier alpha value is -3.03. The van der Waals surface area contributed by atoms with Crippen LogP contribution in [-0.4, -0.2) is 39.4 Å². The predicted octanol–water partition coefficient (Wildman–Crippen LogP) is 5.17. The summed E-state index contributed by atoms with van der Waals surface area (Å²) in [5.74, 6) is 0.837. The molecule has 1 aliphatic rings. The van der Waals surface area contributed by atoms with Crippen LogP contribution in [0.5, 0.6) is 5.75 Å². The smallest absolute Gasteiger partial charge is 0.263 e. The number of nitrogens with one attached hydrogen (secondary N) is 1. The van der Waals surface area contributed by atoms with Gasteiger partial charge in [0.15, 0.2) is 0 Å². The van der Waals surface area contributed by atoms with Gasteiger partial charge in [-0.1, -0.05) is 41.9 Å². The summed E-state index contributed by atoms with van der Waals surface area (Å²) in [4.78, 5) is 14.8. The molecular formula is C25H25ClN2O4S. The van der Waals surface area contributed by atoms with Gasteiger partial charge in [0.25, 0.3) is 15.9 Å². The van der Waals surface area contributed by atoms with Crippen molar-refractivity contribution in [3.8, 4) is 5.75 Å². The number of rotatable bonds is 6. The number of piperidine rings is 1. The predicted molar refractivity (Wildman–Crippen MR) is 130 cm³/mol. The molecule has 0 bridgehead atoms. The molecule has 1 saturated heterocycles. The highest BCUT2D eigenvalue weighted by Crippen LogP contribution is 2.30. The minimum Gasteiger partial charge on any atom is -0.497 e. The summed E-state index contributed by atoms with van der Waals surface area (Å²) in [6.07, 6.45) is 1.74. The van der Waals surface area contributed by atoms with Crippen LogP contribution in [0.2, 0.25) is 5.02 Å². The lowest BCUT2D eigenvalue weighted by Gasteiger charge is -2.32. The van der Waals surface area contributed by atoms with Gasteiger partial charge in [0.05, 0.1) is 12.1 Å². The molecular weight excluding hydrogens is 460 g/mol. The van der Waals surface area contributed by atoms with Crippen molar-refractivity contribution in [3.05, 3.63) is 88.9 Å². The van der Waals surface area contributed by atoms with Gasteiger partial charge in [-0.2, -0.15) is 0 Å². The van der Waals surface area contributed by atoms with Crippen molar-refractivity contribution in [2.75, 3.05) is 24.9 Å². The topological polar surface area (TPSA) is 75.7 Å². The minimum absolute atomic E-state index is 0.0512. The van der Waals surface area contributed by atoms with Gasteiger partial charge in [0.2, 0.25) is 0 Å². The fourth-order valence-electron chi connectivity index (χ4n) is 4.04. The largest absolute Gasteiger partial charge is 0.497 e. The van der Waals surface area contributed by atoms with E-state index in [-0.39, 0.29) is 15.8 Å². The van der Waals surface area contributed by atoms with Crippen LogP contribution in [-0.2, 0) is 10.0 Å². The van der Waals surface area contributed by atoms with E-state index in [0.29, 0.717) is 36.0 Å². The standard InChI is InChI=1S/C25H25ClN2O4S/c1-32-22-10-8-21(9-11-22)27-33(30,31)24-17-20(7-12-23(24)26)25(29)28-15-13-19(14-16-28)18-5-3-2-4-6-18/h2-12,17,19,27H,13-16H2,1H3. The third kappa shape index (κ3) is 5.31. The van der Waals surface area contributed by atoms with Gasteiger partial charge in [-0.05, 0) is 66.8 Å². The molecule has 1 heterocycles. The second-order valence-corrected chi connectivity index (χ2v) is 10.0. The van der Waals surface area contributed by atoms with E-state index in [2.05, 4.69) is 16.9 Å². The van der Waals surface area contributed by atoms with Gasteiger partial charge in [-0.3, -0.25) is 9.52 Å². The number of benzene rings is 3. The summed E-state index contributed by atoms with van der Waals surface area (Å²) in [6, 6.07) is 21.2. The normalized spacial score (nSPS) is 14.7. The lowest BCUT2D eigenvalue weighted by atomic mass is 9.89. The number of methoxy groups -OCH3 is 1. The number of anilines is 1. The van der Waals surface area contributed by atoms with E-state index in [0.717, 1.165) is 12.8 Å². The van der Waals surface area contributed by atoms with Crippen molar-refractivity contribution >= 4 is 33.2 Å². The molecule has 3 aromatic rings. The Morgan fingerprint density at radius 3 is 2.30 bits per heavy atom. The number of carbonyl (C=O) groups excluding carboxylic acids is 1. The van der Waals surface area contributed by atoms with E-state index in [1.165, 1.54) is 24.8 Å². The molecule has 8 heteroatoms. The lowest BCUT2D eigenvalue weighted by Crippen LogP contribution is -2.38. The quantitative estimate of drug-likeness (QED) is 0.523. The summed E-state index contributed by atoms with van der Waals surface area (Å²) in [5.41, 5.74) is 1.95. The second kappa shape index (κ2) is 9.85. The van der Waals surface area contributed by atoms with Crippen LogP contribution in [0.25, 0.3) is 0 Å². The van der Waals surface area contributed by atoms with Crippen LogP contribution in [0.3, 0.4) is 0 Å². The molecule has 0 saturated carbocycles. The molecule has 0 spiro atoms. The van der Waals surface area contributed by atoms with Gasteiger partial charge in [-0.15, -0.1) is 0 Å². The minimum atomic E-state index is -3.99. The third-order valence-electron chi connectivity index (χ3n) is 5.86. The molecule has 0 aromatic heterocycles. The number of ether oxygens (including phenoxy) is 1. The van der Waals surface area contributed by atoms with Crippen LogP contribution in [0.15, 0.2) is 77.7 Å². The molecule has 33 heavy (non-hydrogen) atoms. The molecule has 6 nitrogen and oxygen atoms in total. The Labute approximate surface area is 199 Å². The Morgan fingerprint density at radius 1 is 1.00 bits per heavy atom. The average molecular weight is 485 g/mol. The van der Waals surface area contributed by atoms with Crippen LogP contribution < -0.4 is 9.46 Å². The van der Waals surface area contributed by atoms with Crippen molar-refractivity contribution in [2.45, 2.75) is 23.7 Å². The van der Waals surface area contributed by atoms with Crippen molar-refractivity contribution in [1.82, 2.24) is 4.90 Å². The van der Waals surface area contributed by atoms with Gasteiger partial charge >= 0.3 is 0 Å². The number of amides is 1. The maximum atomic E-state index is 13.1. The molecule has 1 fully saturated rings. The van der Waals surface area contributed by atoms with Crippen molar-refractivity contribution in [2.24, 2.45) is 0 Å². The Bertz CT molecular complexity index is 1220. The Kier molecular flexibility index (Phi) is 6.91. The zero-order chi connectivity index (χ0) is 23.4. The lowest BCUT2D eigenvalue weighted by molar-refractivity contribution is 0.0712. The maximum Gasteiger partial charge on any atom is 0.263 e. The number of hydrogen-bond donors (Lipinski definition) is 1. The Balaban J connectivity index is 1.49. The maximum absolute atomic E-state index is 13.1. The van der Waals surface area contributed by atoms with Crippen LogP contribution >= 0.6 is 11.6 Å². The Morgan fingerprint density at radius 2 is 1.67 bits per heavy atom. The van der Waals surface area contributed by atoms with Gasteiger partial charge < -0.3 is 9.64 Å². The van der Waals surface area contributed by atoms with Gasteiger partial charge in [0, 0.05) is 24.3 Å². The highest BCUT2D eigenvalue weighted by Gasteiger charge is 2.26. The van der Waals surface area contributed by atoms with Crippen molar-refractivity contribution < 1.29 is 17.9 Å². The van der Waals surface area contributed by atoms with Crippen LogP contribution in [0.4, 0.5) is 5.69 Å². The third-order valence-corrected chi connectivity index (χ3v) is 7.73. The highest BCUT2D eigenvalue weighted by atomic mass is 35.5. The number of halogens is 1. The molecule has 0 unspecified atom stereocenters. The summed E-state index contributed by atoms with van der Waals surface area (Å²) in [7, 11) is -2.46. The van der Waals surface area contributed by atoms with E-state index in [9.17, 15) is 13.2 Å². The molecule has 1 amide bonds. The number of sulfonamides is 1. The SMILES string of the molecule is COc1ccc(NS(=O)(=O)c2cc(C(=O)N3CCC(c4ccccc4)CC3)ccc2Cl)cc1. The van der Waals surface area contributed by atoms with Crippen LogP contribution in [0, 0.1) is 0 Å². The van der Waals surface area contributed by atoms with E-state index in [4.69, 9.17) is 16.3 Å². The number of carbonyl (C=O) groups is 1. The second-order valence-electron chi connectivity index (χ2n) is 7.96. The zero-order valence-corrected chi connectivity index (χ0v) is 19.8. The van der Waals surface area contributed by atoms with Gasteiger partial charge in [0.1, 0.15) is 10.6 Å². The molecule has 1 aliphatic heterocycles. The number of hydrogen-bond acceptors (Lipinski definition) is 4. The fraction of sp³-hybridized carbons (Fsp3) is 0.240. The van der Waals surface area contributed by atoms with Gasteiger partial charge in [-0.25, -0.2) is 8.42 Å². The van der Waals surface area contributed by atoms with Crippen molar-refractivity contribution in [3.63, 3.8) is 0 Å². The molecule has 1 N–H and O–H groups in total. The fourth-order valence-corrected chi connectivity index (χ4v) is 5.62.